The van der Waals surface area contributed by atoms with E-state index in [1.165, 1.54) is 0 Å². The molecule has 0 saturated carbocycles. The fourth-order valence-corrected chi connectivity index (χ4v) is 5.92. The first kappa shape index (κ1) is 24.0. The number of nitriles is 1. The largest absolute Gasteiger partial charge is 0.379 e. The predicted molar refractivity (Wildman–Crippen MR) is 128 cm³/mol. The highest BCUT2D eigenvalue weighted by Gasteiger charge is 2.54. The lowest BCUT2D eigenvalue weighted by Crippen LogP contribution is -2.61. The molecule has 4 aliphatic rings. The first-order chi connectivity index (χ1) is 17.0. The molecule has 0 aromatic heterocycles. The summed E-state index contributed by atoms with van der Waals surface area (Å²) in [7, 11) is 0. The highest BCUT2D eigenvalue weighted by molar-refractivity contribution is 5.96. The van der Waals surface area contributed by atoms with Gasteiger partial charge in [-0.05, 0) is 49.9 Å². The van der Waals surface area contributed by atoms with Crippen molar-refractivity contribution in [1.29, 1.82) is 5.26 Å². The average molecular weight is 483 g/mol. The van der Waals surface area contributed by atoms with Crippen LogP contribution in [0, 0.1) is 24.2 Å². The summed E-state index contributed by atoms with van der Waals surface area (Å²) in [6.07, 6.45) is 2.55. The number of fused-ring (bicyclic) bond motifs is 1. The third kappa shape index (κ3) is 4.61. The van der Waals surface area contributed by atoms with Crippen molar-refractivity contribution < 1.29 is 19.1 Å². The molecular weight excluding hydrogens is 448 g/mol. The maximum atomic E-state index is 13.0. The van der Waals surface area contributed by atoms with Crippen LogP contribution >= 0.6 is 0 Å². The monoisotopic (exact) mass is 482 g/mol. The second-order valence-corrected chi connectivity index (χ2v) is 9.94. The lowest BCUT2D eigenvalue weighted by molar-refractivity contribution is -0.130. The molecule has 4 aliphatic heterocycles. The normalized spacial score (nSPS) is 31.4. The number of benzene rings is 1. The van der Waals surface area contributed by atoms with Crippen LogP contribution in [0.4, 0.5) is 5.69 Å². The van der Waals surface area contributed by atoms with Gasteiger partial charge in [0.2, 0.25) is 5.91 Å². The average Bonchev–Trinajstić information content (AvgIpc) is 3.25. The molecule has 4 saturated heterocycles. The van der Waals surface area contributed by atoms with Crippen molar-refractivity contribution in [3.63, 3.8) is 0 Å². The molecule has 3 unspecified atom stereocenters. The number of carbonyl (C=O) groups is 2. The van der Waals surface area contributed by atoms with Crippen LogP contribution in [0.2, 0.25) is 0 Å². The Balaban J connectivity index is 1.36. The number of hydrazine groups is 1. The topological polar surface area (TPSA) is 119 Å². The molecule has 0 aliphatic carbocycles. The van der Waals surface area contributed by atoms with Gasteiger partial charge < -0.3 is 25.0 Å². The van der Waals surface area contributed by atoms with Crippen LogP contribution < -0.4 is 16.1 Å². The first-order valence-corrected chi connectivity index (χ1v) is 12.5. The van der Waals surface area contributed by atoms with Crippen molar-refractivity contribution in [2.24, 2.45) is 5.92 Å². The Hall–Kier alpha value is -2.71. The number of amides is 2. The Kier molecular flexibility index (Phi) is 6.93. The molecule has 1 aromatic rings. The zero-order valence-corrected chi connectivity index (χ0v) is 20.2. The zero-order chi connectivity index (χ0) is 24.4. The standard InChI is InChI=1S/C25H34N6O4/c1-17-15-18(3-4-19(17)24(33)30-10-13-34-14-11-30)28-22-21-20(5-9-27-23(21)32)31(29-22)25(7-8-26)6-2-12-35-16-25/h3-4,15,20-22,28-29H,2,5-7,9-14,16H2,1H3,(H,27,32)/t20?,21?,22?,25-/m0/s1. The minimum Gasteiger partial charge on any atom is -0.379 e. The van der Waals surface area contributed by atoms with E-state index in [-0.39, 0.29) is 29.9 Å². The molecule has 0 bridgehead atoms. The molecule has 2 amide bonds. The summed E-state index contributed by atoms with van der Waals surface area (Å²) in [5, 5.41) is 18.3. The van der Waals surface area contributed by atoms with Crippen LogP contribution in [-0.2, 0) is 14.3 Å². The Bertz CT molecular complexity index is 998. The maximum Gasteiger partial charge on any atom is 0.254 e. The maximum absolute atomic E-state index is 13.0. The lowest BCUT2D eigenvalue weighted by atomic mass is 9.84. The van der Waals surface area contributed by atoms with Gasteiger partial charge in [0.1, 0.15) is 6.17 Å². The second-order valence-electron chi connectivity index (χ2n) is 9.94. The van der Waals surface area contributed by atoms with Gasteiger partial charge in [-0.25, -0.2) is 10.4 Å². The number of ether oxygens (including phenoxy) is 2. The number of nitrogens with zero attached hydrogens (tertiary/aromatic N) is 3. The molecule has 35 heavy (non-hydrogen) atoms. The van der Waals surface area contributed by atoms with E-state index in [4.69, 9.17) is 9.47 Å². The second kappa shape index (κ2) is 10.1. The van der Waals surface area contributed by atoms with E-state index in [1.54, 1.807) is 0 Å². The summed E-state index contributed by atoms with van der Waals surface area (Å²) in [6.45, 7) is 6.07. The molecule has 10 nitrogen and oxygen atoms in total. The van der Waals surface area contributed by atoms with Crippen molar-refractivity contribution in [3.8, 4) is 6.07 Å². The fraction of sp³-hybridized carbons (Fsp3) is 0.640. The SMILES string of the molecule is Cc1cc(NC2NN([C@]3(CC#N)CCCOC3)C3CCNC(=O)C23)ccc1C(=O)N1CCOCC1. The molecule has 4 heterocycles. The van der Waals surface area contributed by atoms with Gasteiger partial charge >= 0.3 is 0 Å². The van der Waals surface area contributed by atoms with Gasteiger partial charge in [-0.2, -0.15) is 5.26 Å². The third-order valence-electron chi connectivity index (χ3n) is 7.72. The summed E-state index contributed by atoms with van der Waals surface area (Å²) in [6, 6.07) is 8.04. The highest BCUT2D eigenvalue weighted by atomic mass is 16.5. The Labute approximate surface area is 205 Å². The molecule has 188 valence electrons. The van der Waals surface area contributed by atoms with Gasteiger partial charge in [0.15, 0.2) is 0 Å². The molecule has 10 heteroatoms. The van der Waals surface area contributed by atoms with Crippen molar-refractivity contribution in [3.05, 3.63) is 29.3 Å². The smallest absolute Gasteiger partial charge is 0.254 e. The molecule has 0 radical (unpaired) electrons. The number of carbonyl (C=O) groups excluding carboxylic acids is 2. The van der Waals surface area contributed by atoms with E-state index in [0.717, 1.165) is 30.5 Å². The van der Waals surface area contributed by atoms with Crippen LogP contribution in [0.15, 0.2) is 18.2 Å². The number of anilines is 1. The first-order valence-electron chi connectivity index (χ1n) is 12.5. The van der Waals surface area contributed by atoms with Gasteiger partial charge in [0.25, 0.3) is 5.91 Å². The molecule has 4 fully saturated rings. The minimum absolute atomic E-state index is 0.00780. The summed E-state index contributed by atoms with van der Waals surface area (Å²) in [5.41, 5.74) is 5.51. The van der Waals surface area contributed by atoms with E-state index in [9.17, 15) is 14.9 Å². The number of hydrogen-bond acceptors (Lipinski definition) is 8. The number of rotatable bonds is 5. The molecule has 0 spiro atoms. The molecule has 3 N–H and O–H groups in total. The summed E-state index contributed by atoms with van der Waals surface area (Å²) >= 11 is 0. The van der Waals surface area contributed by atoms with Gasteiger partial charge in [0.05, 0.1) is 43.8 Å². The van der Waals surface area contributed by atoms with Crippen LogP contribution in [0.5, 0.6) is 0 Å². The van der Waals surface area contributed by atoms with E-state index >= 15 is 0 Å². The Morgan fingerprint density at radius 3 is 2.83 bits per heavy atom. The number of morpholine rings is 1. The van der Waals surface area contributed by atoms with Gasteiger partial charge in [-0.3, -0.25) is 9.59 Å². The number of hydrogen-bond donors (Lipinski definition) is 3. The lowest BCUT2D eigenvalue weighted by Gasteiger charge is -2.46. The molecule has 1 aromatic carbocycles. The fourth-order valence-electron chi connectivity index (χ4n) is 5.92. The summed E-state index contributed by atoms with van der Waals surface area (Å²) < 4.78 is 11.2. The minimum atomic E-state index is -0.450. The number of nitrogens with one attached hydrogen (secondary N) is 3. The van der Waals surface area contributed by atoms with Crippen LogP contribution in [0.25, 0.3) is 0 Å². The van der Waals surface area contributed by atoms with Crippen molar-refractivity contribution in [2.75, 3.05) is 51.4 Å². The molecule has 4 atom stereocenters. The van der Waals surface area contributed by atoms with Crippen molar-refractivity contribution in [2.45, 2.75) is 50.4 Å². The van der Waals surface area contributed by atoms with Gasteiger partial charge in [-0.15, -0.1) is 0 Å². The van der Waals surface area contributed by atoms with Crippen LogP contribution in [-0.4, -0.2) is 85.5 Å². The Morgan fingerprint density at radius 2 is 2.11 bits per heavy atom. The highest BCUT2D eigenvalue weighted by Crippen LogP contribution is 2.39. The number of aryl methyl sites for hydroxylation is 1. The molecular formula is C25H34N6O4. The van der Waals surface area contributed by atoms with Crippen LogP contribution in [0.3, 0.4) is 0 Å². The van der Waals surface area contributed by atoms with Crippen molar-refractivity contribution >= 4 is 17.5 Å². The van der Waals surface area contributed by atoms with E-state index < -0.39 is 5.54 Å². The van der Waals surface area contributed by atoms with Gasteiger partial charge in [-0.1, -0.05) is 0 Å². The molecule has 5 rings (SSSR count). The van der Waals surface area contributed by atoms with E-state index in [0.29, 0.717) is 58.0 Å². The van der Waals surface area contributed by atoms with Gasteiger partial charge in [0, 0.05) is 43.5 Å². The third-order valence-corrected chi connectivity index (χ3v) is 7.72. The van der Waals surface area contributed by atoms with Crippen LogP contribution in [0.1, 0.15) is 41.6 Å². The zero-order valence-electron chi connectivity index (χ0n) is 20.2. The number of piperidine rings is 1. The van der Waals surface area contributed by atoms with Crippen molar-refractivity contribution in [1.82, 2.24) is 20.7 Å². The summed E-state index contributed by atoms with van der Waals surface area (Å²) in [4.78, 5) is 27.8. The quantitative estimate of drug-likeness (QED) is 0.569. The van der Waals surface area contributed by atoms with E-state index in [1.807, 2.05) is 30.0 Å². The van der Waals surface area contributed by atoms with E-state index in [2.05, 4.69) is 27.1 Å². The Morgan fingerprint density at radius 1 is 1.29 bits per heavy atom. The summed E-state index contributed by atoms with van der Waals surface area (Å²) in [5.74, 6) is -0.283. The predicted octanol–water partition coefficient (Wildman–Crippen LogP) is 0.993.